The van der Waals surface area contributed by atoms with E-state index in [1.54, 1.807) is 30.4 Å². The lowest BCUT2D eigenvalue weighted by molar-refractivity contribution is -0.385. The Morgan fingerprint density at radius 2 is 1.41 bits per heavy atom. The Labute approximate surface area is 224 Å². The average Bonchev–Trinajstić information content (AvgIpc) is 2.94. The number of hydrogen-bond acceptors (Lipinski definition) is 9. The van der Waals surface area contributed by atoms with Crippen LogP contribution in [0, 0.1) is 15.9 Å². The fraction of sp³-hybridized carbons (Fsp3) is 0.179. The molecule has 0 radical (unpaired) electrons. The molecule has 3 aromatic carbocycles. The van der Waals surface area contributed by atoms with E-state index < -0.39 is 16.5 Å². The van der Waals surface area contributed by atoms with Gasteiger partial charge in [0.1, 0.15) is 0 Å². The second-order valence-corrected chi connectivity index (χ2v) is 7.86. The number of allylic oxidation sites excluding steroid dienone is 1. The summed E-state index contributed by atoms with van der Waals surface area (Å²) in [5.74, 6) is 0.231. The molecule has 10 nitrogen and oxygen atoms in total. The van der Waals surface area contributed by atoms with Gasteiger partial charge in [-0.1, -0.05) is 12.2 Å². The lowest BCUT2D eigenvalue weighted by Gasteiger charge is -2.13. The van der Waals surface area contributed by atoms with Crippen molar-refractivity contribution in [2.45, 2.75) is 0 Å². The van der Waals surface area contributed by atoms with Crippen molar-refractivity contribution in [3.63, 3.8) is 0 Å². The highest BCUT2D eigenvalue weighted by Gasteiger charge is 2.17. The van der Waals surface area contributed by atoms with E-state index in [4.69, 9.17) is 23.7 Å². The summed E-state index contributed by atoms with van der Waals surface area (Å²) in [5, 5.41) is 14.1. The average molecular weight is 539 g/mol. The third-order valence-electron chi connectivity index (χ3n) is 5.56. The monoisotopic (exact) mass is 538 g/mol. The van der Waals surface area contributed by atoms with E-state index in [2.05, 4.69) is 5.32 Å². The summed E-state index contributed by atoms with van der Waals surface area (Å²) in [6, 6.07) is 10.3. The van der Waals surface area contributed by atoms with Crippen LogP contribution in [0.4, 0.5) is 15.8 Å². The van der Waals surface area contributed by atoms with Crippen LogP contribution in [0.3, 0.4) is 0 Å². The van der Waals surface area contributed by atoms with Crippen molar-refractivity contribution < 1.29 is 37.8 Å². The number of ether oxygens (including phenoxy) is 5. The van der Waals surface area contributed by atoms with Gasteiger partial charge in [-0.15, -0.1) is 0 Å². The van der Waals surface area contributed by atoms with Gasteiger partial charge >= 0.3 is 5.69 Å². The first-order valence-electron chi connectivity index (χ1n) is 11.4. The fourth-order valence-electron chi connectivity index (χ4n) is 3.70. The molecule has 0 heterocycles. The molecule has 0 fully saturated rings. The molecule has 3 rings (SSSR count). The standard InChI is InChI=1S/C28H27FN2O8/c1-35-24-9-8-19(16-22(24)31(33)34)23(32)10-11-30-21-13-17(12-20(29)27(21)38-4)6-7-18-14-25(36-2)28(39-5)26(15-18)37-3/h6-16,30H,1-5H3. The van der Waals surface area contributed by atoms with Gasteiger partial charge in [-0.25, -0.2) is 4.39 Å². The maximum atomic E-state index is 14.8. The zero-order chi connectivity index (χ0) is 28.5. The van der Waals surface area contributed by atoms with E-state index in [1.165, 1.54) is 66.0 Å². The molecule has 0 aliphatic rings. The number of nitro benzene ring substituents is 1. The van der Waals surface area contributed by atoms with Crippen LogP contribution in [0.1, 0.15) is 21.5 Å². The van der Waals surface area contributed by atoms with Crippen LogP contribution in [-0.2, 0) is 0 Å². The first-order valence-corrected chi connectivity index (χ1v) is 11.4. The number of hydrogen-bond donors (Lipinski definition) is 1. The Kier molecular flexibility index (Phi) is 9.47. The van der Waals surface area contributed by atoms with Gasteiger partial charge in [0.2, 0.25) is 5.75 Å². The molecule has 0 saturated carbocycles. The Morgan fingerprint density at radius 3 is 1.95 bits per heavy atom. The molecule has 0 bridgehead atoms. The van der Waals surface area contributed by atoms with E-state index in [9.17, 15) is 19.3 Å². The van der Waals surface area contributed by atoms with Crippen LogP contribution in [0.5, 0.6) is 28.7 Å². The molecule has 0 unspecified atom stereocenters. The summed E-state index contributed by atoms with van der Waals surface area (Å²) in [4.78, 5) is 23.2. The van der Waals surface area contributed by atoms with Crippen molar-refractivity contribution in [1.82, 2.24) is 0 Å². The zero-order valence-corrected chi connectivity index (χ0v) is 21.9. The van der Waals surface area contributed by atoms with Gasteiger partial charge in [-0.2, -0.15) is 0 Å². The minimum absolute atomic E-state index is 0.0373. The van der Waals surface area contributed by atoms with Gasteiger partial charge in [0.15, 0.2) is 34.6 Å². The highest BCUT2D eigenvalue weighted by atomic mass is 19.1. The third kappa shape index (κ3) is 6.63. The molecule has 39 heavy (non-hydrogen) atoms. The van der Waals surface area contributed by atoms with Crippen molar-refractivity contribution in [3.05, 3.63) is 87.4 Å². The normalized spacial score (nSPS) is 10.9. The second-order valence-electron chi connectivity index (χ2n) is 7.86. The van der Waals surface area contributed by atoms with Crippen LogP contribution >= 0.6 is 0 Å². The Morgan fingerprint density at radius 1 is 0.821 bits per heavy atom. The predicted molar refractivity (Wildman–Crippen MR) is 145 cm³/mol. The van der Waals surface area contributed by atoms with Gasteiger partial charge in [0.05, 0.1) is 46.2 Å². The summed E-state index contributed by atoms with van der Waals surface area (Å²) >= 11 is 0. The molecule has 1 N–H and O–H groups in total. The Hall–Kier alpha value is -5.06. The SMILES string of the molecule is COc1ccc(C(=O)C=CNc2cc(C=Cc3cc(OC)c(OC)c(OC)c3)cc(F)c2OC)cc1[N+](=O)[O-]. The Bertz CT molecular complexity index is 1410. The molecule has 0 saturated heterocycles. The largest absolute Gasteiger partial charge is 0.493 e. The maximum absolute atomic E-state index is 14.8. The number of halogens is 1. The molecule has 0 amide bonds. The molecule has 0 spiro atoms. The van der Waals surface area contributed by atoms with Gasteiger partial charge in [0, 0.05) is 23.9 Å². The molecule has 204 valence electrons. The topological polar surface area (TPSA) is 118 Å². The number of nitrogens with zero attached hydrogens (tertiary/aromatic N) is 1. The molecular formula is C28H27FN2O8. The summed E-state index contributed by atoms with van der Waals surface area (Å²) < 4.78 is 41.0. The summed E-state index contributed by atoms with van der Waals surface area (Å²) in [6.07, 6.45) is 5.88. The molecular weight excluding hydrogens is 511 g/mol. The maximum Gasteiger partial charge on any atom is 0.311 e. The molecule has 0 aromatic heterocycles. The van der Waals surface area contributed by atoms with Crippen molar-refractivity contribution in [2.24, 2.45) is 0 Å². The summed E-state index contributed by atoms with van der Waals surface area (Å²) in [5.41, 5.74) is 1.22. The quantitative estimate of drug-likeness (QED) is 0.101. The van der Waals surface area contributed by atoms with Crippen molar-refractivity contribution in [3.8, 4) is 28.7 Å². The van der Waals surface area contributed by atoms with Crippen molar-refractivity contribution in [1.29, 1.82) is 0 Å². The minimum atomic E-state index is -0.637. The van der Waals surface area contributed by atoms with Gasteiger partial charge in [-0.3, -0.25) is 14.9 Å². The van der Waals surface area contributed by atoms with Crippen LogP contribution in [0.2, 0.25) is 0 Å². The van der Waals surface area contributed by atoms with E-state index in [1.807, 2.05) is 0 Å². The van der Waals surface area contributed by atoms with E-state index in [0.29, 0.717) is 28.4 Å². The van der Waals surface area contributed by atoms with Crippen LogP contribution in [0.25, 0.3) is 12.2 Å². The highest BCUT2D eigenvalue weighted by molar-refractivity contribution is 6.05. The number of ketones is 1. The molecule has 3 aromatic rings. The number of carbonyl (C=O) groups is 1. The Balaban J connectivity index is 1.86. The number of anilines is 1. The third-order valence-corrected chi connectivity index (χ3v) is 5.56. The van der Waals surface area contributed by atoms with Crippen molar-refractivity contribution in [2.75, 3.05) is 40.9 Å². The smallest absolute Gasteiger partial charge is 0.311 e. The molecule has 0 aliphatic carbocycles. The highest BCUT2D eigenvalue weighted by Crippen LogP contribution is 2.39. The second kappa shape index (κ2) is 13.0. The first-order chi connectivity index (χ1) is 18.8. The van der Waals surface area contributed by atoms with E-state index >= 15 is 0 Å². The van der Waals surface area contributed by atoms with Gasteiger partial charge in [0.25, 0.3) is 0 Å². The number of carbonyl (C=O) groups excluding carboxylic acids is 1. The van der Waals surface area contributed by atoms with Crippen LogP contribution < -0.4 is 29.0 Å². The fourth-order valence-corrected chi connectivity index (χ4v) is 3.70. The number of rotatable bonds is 12. The van der Waals surface area contributed by atoms with E-state index in [0.717, 1.165) is 6.07 Å². The summed E-state index contributed by atoms with van der Waals surface area (Å²) in [7, 11) is 7.15. The first kappa shape index (κ1) is 28.5. The predicted octanol–water partition coefficient (Wildman–Crippen LogP) is 5.76. The van der Waals surface area contributed by atoms with Gasteiger partial charge in [-0.05, 0) is 47.5 Å². The van der Waals surface area contributed by atoms with E-state index in [-0.39, 0.29) is 28.4 Å². The lowest BCUT2D eigenvalue weighted by atomic mass is 10.1. The van der Waals surface area contributed by atoms with Crippen molar-refractivity contribution >= 4 is 29.3 Å². The molecule has 0 atom stereocenters. The van der Waals surface area contributed by atoms with Crippen LogP contribution in [0.15, 0.2) is 54.7 Å². The van der Waals surface area contributed by atoms with Crippen LogP contribution in [-0.4, -0.2) is 46.3 Å². The van der Waals surface area contributed by atoms with Gasteiger partial charge < -0.3 is 29.0 Å². The lowest BCUT2D eigenvalue weighted by Crippen LogP contribution is -2.01. The summed E-state index contributed by atoms with van der Waals surface area (Å²) in [6.45, 7) is 0. The number of benzene rings is 3. The number of methoxy groups -OCH3 is 5. The zero-order valence-electron chi connectivity index (χ0n) is 21.9. The molecule has 11 heteroatoms. The number of nitrogens with one attached hydrogen (secondary N) is 1. The number of nitro groups is 1. The molecule has 0 aliphatic heterocycles. The minimum Gasteiger partial charge on any atom is -0.493 e.